The molecule has 0 spiro atoms. The molecule has 0 saturated heterocycles. The van der Waals surface area contributed by atoms with Gasteiger partial charge in [-0.3, -0.25) is 10.1 Å². The van der Waals surface area contributed by atoms with Crippen LogP contribution in [0.4, 0.5) is 5.69 Å². The Balaban J connectivity index is 0.00000289. The van der Waals surface area contributed by atoms with Gasteiger partial charge in [-0.15, -0.1) is 0 Å². The highest BCUT2D eigenvalue weighted by Gasteiger charge is 2.11. The normalized spacial score (nSPS) is 10.2. The van der Waals surface area contributed by atoms with Crippen molar-refractivity contribution in [3.8, 4) is 0 Å². The molecule has 18 heavy (non-hydrogen) atoms. The van der Waals surface area contributed by atoms with Crippen molar-refractivity contribution in [2.75, 3.05) is 13.2 Å². The van der Waals surface area contributed by atoms with E-state index >= 15 is 0 Å². The molecule has 5 nitrogen and oxygen atoms in total. The number of hydrogen-bond donors (Lipinski definition) is 0. The van der Waals surface area contributed by atoms with Gasteiger partial charge in [0.1, 0.15) is 0 Å². The number of nitro groups is 1. The third-order valence-corrected chi connectivity index (χ3v) is 3.72. The van der Waals surface area contributed by atoms with E-state index in [2.05, 4.69) is 0 Å². The van der Waals surface area contributed by atoms with Crippen molar-refractivity contribution < 1.29 is 14.0 Å². The highest BCUT2D eigenvalue weighted by molar-refractivity contribution is 7.46. The minimum absolute atomic E-state index is 0. The van der Waals surface area contributed by atoms with Crippen LogP contribution in [0.2, 0.25) is 0 Å². The molecule has 0 amide bonds. The lowest BCUT2D eigenvalue weighted by molar-refractivity contribution is -0.384. The standard InChI is InChI=1S/C11H16NO4P.CH4/c1-3-15-17(16-4-2)9-10-5-7-11(8-6-10)12(13)14;/h5-8H,3-4,9H2,1-2H3;1H4. The van der Waals surface area contributed by atoms with Gasteiger partial charge in [-0.1, -0.05) is 19.6 Å². The van der Waals surface area contributed by atoms with E-state index in [1.807, 2.05) is 13.8 Å². The Labute approximate surface area is 109 Å². The molecule has 6 heteroatoms. The van der Waals surface area contributed by atoms with Crippen LogP contribution >= 0.6 is 8.38 Å². The van der Waals surface area contributed by atoms with Crippen LogP contribution < -0.4 is 0 Å². The zero-order chi connectivity index (χ0) is 12.7. The summed E-state index contributed by atoms with van der Waals surface area (Å²) in [5.74, 6) is 0. The molecule has 0 fully saturated rings. The average Bonchev–Trinajstić information content (AvgIpc) is 2.30. The molecule has 1 aromatic carbocycles. The van der Waals surface area contributed by atoms with Gasteiger partial charge in [0.2, 0.25) is 0 Å². The Morgan fingerprint density at radius 3 is 2.06 bits per heavy atom. The summed E-state index contributed by atoms with van der Waals surface area (Å²) in [7, 11) is -0.932. The second kappa shape index (κ2) is 8.97. The van der Waals surface area contributed by atoms with Crippen LogP contribution in [0.1, 0.15) is 26.8 Å². The van der Waals surface area contributed by atoms with Gasteiger partial charge < -0.3 is 9.05 Å². The van der Waals surface area contributed by atoms with Crippen molar-refractivity contribution in [1.29, 1.82) is 0 Å². The van der Waals surface area contributed by atoms with E-state index in [4.69, 9.17) is 9.05 Å². The van der Waals surface area contributed by atoms with Crippen LogP contribution in [0.3, 0.4) is 0 Å². The van der Waals surface area contributed by atoms with E-state index in [0.717, 1.165) is 5.56 Å². The molecule has 1 aromatic rings. The molecule has 1 rings (SSSR count). The first kappa shape index (κ1) is 17.0. The van der Waals surface area contributed by atoms with Crippen LogP contribution in [0, 0.1) is 10.1 Å². The van der Waals surface area contributed by atoms with Crippen molar-refractivity contribution in [3.05, 3.63) is 39.9 Å². The summed E-state index contributed by atoms with van der Waals surface area (Å²) in [5, 5.41) is 10.5. The Morgan fingerprint density at radius 1 is 1.17 bits per heavy atom. The zero-order valence-corrected chi connectivity index (χ0v) is 10.9. The lowest BCUT2D eigenvalue weighted by Crippen LogP contribution is -1.94. The Kier molecular flexibility index (Phi) is 8.46. The summed E-state index contributed by atoms with van der Waals surface area (Å²) >= 11 is 0. The summed E-state index contributed by atoms with van der Waals surface area (Å²) in [4.78, 5) is 10.1. The van der Waals surface area contributed by atoms with E-state index in [0.29, 0.717) is 19.4 Å². The zero-order valence-electron chi connectivity index (χ0n) is 9.96. The van der Waals surface area contributed by atoms with Gasteiger partial charge in [0.15, 0.2) is 8.38 Å². The van der Waals surface area contributed by atoms with Gasteiger partial charge >= 0.3 is 0 Å². The van der Waals surface area contributed by atoms with E-state index < -0.39 is 13.3 Å². The molecule has 0 radical (unpaired) electrons. The number of benzene rings is 1. The molecule has 0 unspecified atom stereocenters. The minimum atomic E-state index is -0.932. The van der Waals surface area contributed by atoms with Gasteiger partial charge in [0.25, 0.3) is 5.69 Å². The molecule has 0 aliphatic carbocycles. The van der Waals surface area contributed by atoms with Crippen LogP contribution in [0.5, 0.6) is 0 Å². The van der Waals surface area contributed by atoms with Gasteiger partial charge in [-0.2, -0.15) is 0 Å². The summed E-state index contributed by atoms with van der Waals surface area (Å²) in [6.07, 6.45) is 0.662. The SMILES string of the molecule is C.CCOP(Cc1ccc([N+](=O)[O-])cc1)OCC. The number of rotatable bonds is 7. The highest BCUT2D eigenvalue weighted by atomic mass is 31.2. The van der Waals surface area contributed by atoms with E-state index in [9.17, 15) is 10.1 Å². The number of nitro benzene ring substituents is 1. The Hall–Kier alpha value is -1.03. The second-order valence-corrected chi connectivity index (χ2v) is 4.75. The molecule has 0 aromatic heterocycles. The van der Waals surface area contributed by atoms with E-state index in [1.165, 1.54) is 12.1 Å². The lowest BCUT2D eigenvalue weighted by atomic mass is 10.2. The van der Waals surface area contributed by atoms with Crippen molar-refractivity contribution in [2.45, 2.75) is 27.4 Å². The molecule has 102 valence electrons. The van der Waals surface area contributed by atoms with Crippen LogP contribution in [-0.2, 0) is 15.2 Å². The summed E-state index contributed by atoms with van der Waals surface area (Å²) in [6, 6.07) is 6.48. The maximum absolute atomic E-state index is 10.5. The quantitative estimate of drug-likeness (QED) is 0.426. The maximum Gasteiger partial charge on any atom is 0.269 e. The predicted molar refractivity (Wildman–Crippen MR) is 73.7 cm³/mol. The van der Waals surface area contributed by atoms with Crippen LogP contribution in [0.25, 0.3) is 0 Å². The molecule has 0 aliphatic heterocycles. The Bertz CT molecular complexity index is 350. The largest absolute Gasteiger partial charge is 0.334 e. The maximum atomic E-state index is 10.5. The third kappa shape index (κ3) is 5.54. The van der Waals surface area contributed by atoms with Crippen LogP contribution in [0.15, 0.2) is 24.3 Å². The summed E-state index contributed by atoms with van der Waals surface area (Å²) in [5.41, 5.74) is 1.09. The number of nitrogens with zero attached hydrogens (tertiary/aromatic N) is 1. The third-order valence-electron chi connectivity index (χ3n) is 2.01. The monoisotopic (exact) mass is 273 g/mol. The van der Waals surface area contributed by atoms with Crippen molar-refractivity contribution in [2.24, 2.45) is 0 Å². The van der Waals surface area contributed by atoms with Gasteiger partial charge in [-0.25, -0.2) is 0 Å². The molecule has 0 bridgehead atoms. The first-order valence-electron chi connectivity index (χ1n) is 5.44. The fourth-order valence-corrected chi connectivity index (χ4v) is 2.63. The highest BCUT2D eigenvalue weighted by Crippen LogP contribution is 2.41. The van der Waals surface area contributed by atoms with Crippen LogP contribution in [-0.4, -0.2) is 18.1 Å². The molecule has 0 heterocycles. The molecule has 0 atom stereocenters. The second-order valence-electron chi connectivity index (χ2n) is 3.25. The number of non-ortho nitro benzene ring substituents is 1. The molecular formula is C12H20NO4P. The summed E-state index contributed by atoms with van der Waals surface area (Å²) in [6.45, 7) is 5.06. The van der Waals surface area contributed by atoms with Gasteiger partial charge in [0, 0.05) is 18.3 Å². The first-order valence-corrected chi connectivity index (χ1v) is 6.80. The topological polar surface area (TPSA) is 61.6 Å². The smallest absolute Gasteiger partial charge is 0.269 e. The molecule has 0 N–H and O–H groups in total. The first-order chi connectivity index (χ1) is 8.17. The van der Waals surface area contributed by atoms with Crippen molar-refractivity contribution in [1.82, 2.24) is 0 Å². The molecule has 0 saturated carbocycles. The molecular weight excluding hydrogens is 253 g/mol. The van der Waals surface area contributed by atoms with E-state index in [-0.39, 0.29) is 13.1 Å². The number of hydrogen-bond acceptors (Lipinski definition) is 4. The van der Waals surface area contributed by atoms with Gasteiger partial charge in [-0.05, 0) is 19.4 Å². The fraction of sp³-hybridized carbons (Fsp3) is 0.500. The van der Waals surface area contributed by atoms with Crippen molar-refractivity contribution in [3.63, 3.8) is 0 Å². The predicted octanol–water partition coefficient (Wildman–Crippen LogP) is 4.12. The van der Waals surface area contributed by atoms with E-state index in [1.54, 1.807) is 12.1 Å². The summed E-state index contributed by atoms with van der Waals surface area (Å²) < 4.78 is 10.9. The van der Waals surface area contributed by atoms with Gasteiger partial charge in [0.05, 0.1) is 18.1 Å². The minimum Gasteiger partial charge on any atom is -0.334 e. The van der Waals surface area contributed by atoms with Crippen molar-refractivity contribution >= 4 is 14.1 Å². The Morgan fingerprint density at radius 2 is 1.67 bits per heavy atom. The molecule has 0 aliphatic rings. The fourth-order valence-electron chi connectivity index (χ4n) is 1.29. The lowest BCUT2D eigenvalue weighted by Gasteiger charge is -2.15. The average molecular weight is 273 g/mol.